The molecule has 186 valence electrons. The summed E-state index contributed by atoms with van der Waals surface area (Å²) < 4.78 is 11.1. The molecule has 0 spiro atoms. The number of hydrogen-bond acceptors (Lipinski definition) is 5. The maximum atomic E-state index is 10.6. The first-order chi connectivity index (χ1) is 14.8. The van der Waals surface area contributed by atoms with Gasteiger partial charge in [-0.2, -0.15) is 0 Å². The summed E-state index contributed by atoms with van der Waals surface area (Å²) in [6, 6.07) is 0. The minimum absolute atomic E-state index is 0. The quantitative estimate of drug-likeness (QED) is 0.185. The van der Waals surface area contributed by atoms with Crippen LogP contribution in [0.5, 0.6) is 0 Å². The van der Waals surface area contributed by atoms with Gasteiger partial charge in [0.1, 0.15) is 0 Å². The van der Waals surface area contributed by atoms with E-state index in [0.717, 1.165) is 50.4 Å². The first-order valence-electron chi connectivity index (χ1n) is 12.9. The molecule has 0 fully saturated rings. The maximum absolute atomic E-state index is 10.6. The van der Waals surface area contributed by atoms with Crippen LogP contribution in [0.15, 0.2) is 0 Å². The van der Waals surface area contributed by atoms with E-state index in [4.69, 9.17) is 9.47 Å². The van der Waals surface area contributed by atoms with Crippen LogP contribution >= 0.6 is 0 Å². The number of carbonyl (C=O) groups excluding carboxylic acids is 1. The van der Waals surface area contributed by atoms with Crippen LogP contribution in [-0.2, 0) is 14.3 Å². The van der Waals surface area contributed by atoms with Crippen LogP contribution < -0.4 is 34.7 Å². The average molecular weight is 467 g/mol. The Labute approximate surface area is 220 Å². The summed E-state index contributed by atoms with van der Waals surface area (Å²) in [4.78, 5) is 10.6. The number of carboxylic acid groups (broad SMARTS) is 1. The van der Waals surface area contributed by atoms with E-state index >= 15 is 0 Å². The van der Waals surface area contributed by atoms with Gasteiger partial charge in [-0.05, 0) is 24.7 Å². The molecule has 0 rings (SSSR count). The Kier molecular flexibility index (Phi) is 26.4. The van der Waals surface area contributed by atoms with Gasteiger partial charge in [0.15, 0.2) is 0 Å². The number of aliphatic hydroxyl groups excluding tert-OH is 1. The summed E-state index contributed by atoms with van der Waals surface area (Å²) in [7, 11) is 0. The van der Waals surface area contributed by atoms with Gasteiger partial charge in [0.2, 0.25) is 0 Å². The van der Waals surface area contributed by atoms with Crippen LogP contribution in [0.25, 0.3) is 0 Å². The van der Waals surface area contributed by atoms with Crippen molar-refractivity contribution in [2.45, 2.75) is 130 Å². The monoisotopic (exact) mass is 466 g/mol. The molecule has 0 aliphatic rings. The van der Waals surface area contributed by atoms with Crippen molar-refractivity contribution >= 4 is 5.97 Å². The predicted octanol–water partition coefficient (Wildman–Crippen LogP) is 2.28. The fourth-order valence-electron chi connectivity index (χ4n) is 3.74. The van der Waals surface area contributed by atoms with Crippen molar-refractivity contribution in [1.82, 2.24) is 0 Å². The zero-order valence-corrected chi connectivity index (χ0v) is 23.9. The Bertz CT molecular complexity index is 404. The van der Waals surface area contributed by atoms with Crippen LogP contribution in [0.2, 0.25) is 0 Å². The fourth-order valence-corrected chi connectivity index (χ4v) is 3.74. The molecule has 32 heavy (non-hydrogen) atoms. The van der Waals surface area contributed by atoms with Crippen molar-refractivity contribution in [3.63, 3.8) is 0 Å². The number of carboxylic acids is 1. The maximum Gasteiger partial charge on any atom is 1.00 e. The number of hydrogen-bond donors (Lipinski definition) is 1. The van der Waals surface area contributed by atoms with Gasteiger partial charge in [0.05, 0.1) is 38.0 Å². The zero-order chi connectivity index (χ0) is 23.3. The van der Waals surface area contributed by atoms with Gasteiger partial charge in [-0.3, -0.25) is 0 Å². The van der Waals surface area contributed by atoms with E-state index in [2.05, 4.69) is 27.7 Å². The summed E-state index contributed by atoms with van der Waals surface area (Å²) >= 11 is 0. The molecule has 2 unspecified atom stereocenters. The zero-order valence-electron chi connectivity index (χ0n) is 21.9. The van der Waals surface area contributed by atoms with E-state index in [1.165, 1.54) is 51.4 Å². The average Bonchev–Trinajstić information content (AvgIpc) is 2.69. The van der Waals surface area contributed by atoms with Gasteiger partial charge in [-0.1, -0.05) is 105 Å². The molecule has 1 N–H and O–H groups in total. The van der Waals surface area contributed by atoms with Crippen LogP contribution in [0.3, 0.4) is 0 Å². The van der Waals surface area contributed by atoms with Crippen molar-refractivity contribution in [3.8, 4) is 0 Å². The minimum Gasteiger partial charge on any atom is -0.548 e. The molecular formula is C26H51NaO5. The molecule has 0 bridgehead atoms. The van der Waals surface area contributed by atoms with Gasteiger partial charge in [-0.25, -0.2) is 0 Å². The van der Waals surface area contributed by atoms with E-state index in [-0.39, 0.29) is 42.3 Å². The fraction of sp³-hybridized carbons (Fsp3) is 0.962. The topological polar surface area (TPSA) is 78.8 Å². The van der Waals surface area contributed by atoms with Gasteiger partial charge < -0.3 is 24.5 Å². The SMILES string of the molecule is CC(C)CCCCCCCC(O)COC(CCCCCCCC(C)C)COCC(=O)[O-].[Na+]. The third-order valence-corrected chi connectivity index (χ3v) is 5.67. The Balaban J connectivity index is 0. The molecule has 0 saturated heterocycles. The van der Waals surface area contributed by atoms with Gasteiger partial charge in [0.25, 0.3) is 0 Å². The third kappa shape index (κ3) is 26.6. The predicted molar refractivity (Wildman–Crippen MR) is 126 cm³/mol. The summed E-state index contributed by atoms with van der Waals surface area (Å²) in [6.07, 6.45) is 15.5. The van der Waals surface area contributed by atoms with Crippen LogP contribution in [0, 0.1) is 11.8 Å². The molecule has 0 aromatic rings. The van der Waals surface area contributed by atoms with E-state index in [0.29, 0.717) is 6.61 Å². The molecule has 0 heterocycles. The molecule has 0 amide bonds. The number of aliphatic hydroxyl groups is 1. The van der Waals surface area contributed by atoms with E-state index in [9.17, 15) is 15.0 Å². The van der Waals surface area contributed by atoms with Crippen molar-refractivity contribution < 1.29 is 54.0 Å². The molecular weight excluding hydrogens is 415 g/mol. The second-order valence-corrected chi connectivity index (χ2v) is 9.97. The number of unbranched alkanes of at least 4 members (excludes halogenated alkanes) is 8. The minimum atomic E-state index is -1.21. The summed E-state index contributed by atoms with van der Waals surface area (Å²) in [5, 5.41) is 20.8. The Hall–Kier alpha value is 0.350. The molecule has 5 nitrogen and oxygen atoms in total. The molecule has 2 atom stereocenters. The second kappa shape index (κ2) is 24.5. The van der Waals surface area contributed by atoms with E-state index in [1.54, 1.807) is 0 Å². The number of carbonyl (C=O) groups is 1. The van der Waals surface area contributed by atoms with Crippen LogP contribution in [-0.4, -0.2) is 43.1 Å². The Morgan fingerprint density at radius 1 is 0.719 bits per heavy atom. The van der Waals surface area contributed by atoms with Gasteiger partial charge >= 0.3 is 29.6 Å². The van der Waals surface area contributed by atoms with E-state index in [1.807, 2.05) is 0 Å². The number of ether oxygens (including phenoxy) is 2. The third-order valence-electron chi connectivity index (χ3n) is 5.67. The van der Waals surface area contributed by atoms with Crippen molar-refractivity contribution in [1.29, 1.82) is 0 Å². The molecule has 0 aromatic heterocycles. The molecule has 0 aromatic carbocycles. The smallest absolute Gasteiger partial charge is 0.548 e. The second-order valence-electron chi connectivity index (χ2n) is 9.97. The largest absolute Gasteiger partial charge is 1.00 e. The summed E-state index contributed by atoms with van der Waals surface area (Å²) in [5.41, 5.74) is 0. The Morgan fingerprint density at radius 2 is 1.16 bits per heavy atom. The summed E-state index contributed by atoms with van der Waals surface area (Å²) in [5.74, 6) is 0.347. The number of rotatable bonds is 23. The van der Waals surface area contributed by atoms with Crippen molar-refractivity contribution in [3.05, 3.63) is 0 Å². The van der Waals surface area contributed by atoms with Crippen molar-refractivity contribution in [2.24, 2.45) is 11.8 Å². The van der Waals surface area contributed by atoms with Crippen molar-refractivity contribution in [2.75, 3.05) is 19.8 Å². The summed E-state index contributed by atoms with van der Waals surface area (Å²) in [6.45, 7) is 9.18. The van der Waals surface area contributed by atoms with Crippen LogP contribution in [0.4, 0.5) is 0 Å². The first-order valence-corrected chi connectivity index (χ1v) is 12.9. The van der Waals surface area contributed by atoms with E-state index < -0.39 is 18.7 Å². The molecule has 6 heteroatoms. The number of aliphatic carboxylic acids is 1. The molecule has 0 radical (unpaired) electrons. The first kappa shape index (κ1) is 34.5. The molecule has 0 aliphatic carbocycles. The molecule has 0 saturated carbocycles. The van der Waals surface area contributed by atoms with Gasteiger partial charge in [0, 0.05) is 0 Å². The standard InChI is InChI=1S/C26H52O5.Na/c1-22(2)15-11-7-5-9-13-17-24(27)19-31-25(20-30-21-26(28)29)18-14-10-6-8-12-16-23(3)4;/h22-25,27H,5-21H2,1-4H3,(H,28,29);/q;+1/p-1. The molecule has 0 aliphatic heterocycles. The normalized spacial score (nSPS) is 13.3. The van der Waals surface area contributed by atoms with Gasteiger partial charge in [-0.15, -0.1) is 0 Å². The van der Waals surface area contributed by atoms with Crippen LogP contribution in [0.1, 0.15) is 118 Å². The Morgan fingerprint density at radius 3 is 1.62 bits per heavy atom.